The van der Waals surface area contributed by atoms with Crippen molar-refractivity contribution in [3.8, 4) is 0 Å². The van der Waals surface area contributed by atoms with E-state index in [2.05, 4.69) is 20.6 Å². The lowest BCUT2D eigenvalue weighted by Gasteiger charge is -2.10. The van der Waals surface area contributed by atoms with Crippen LogP contribution in [0.4, 0.5) is 16.0 Å². The molecule has 0 aliphatic carbocycles. The minimum absolute atomic E-state index is 0.194. The van der Waals surface area contributed by atoms with Crippen molar-refractivity contribution in [2.24, 2.45) is 5.92 Å². The molecule has 1 amide bonds. The highest BCUT2D eigenvalue weighted by Crippen LogP contribution is 2.17. The maximum absolute atomic E-state index is 13.6. The number of hydrogen-bond donors (Lipinski definition) is 2. The van der Waals surface area contributed by atoms with Gasteiger partial charge >= 0.3 is 0 Å². The van der Waals surface area contributed by atoms with E-state index in [-0.39, 0.29) is 23.2 Å². The van der Waals surface area contributed by atoms with Gasteiger partial charge < -0.3 is 10.6 Å². The average molecular weight is 302 g/mol. The van der Waals surface area contributed by atoms with Gasteiger partial charge in [-0.25, -0.2) is 14.4 Å². The number of amides is 1. The molecule has 5 nitrogen and oxygen atoms in total. The fraction of sp³-hybridized carbons (Fsp3) is 0.312. The van der Waals surface area contributed by atoms with Crippen LogP contribution in [0.1, 0.15) is 30.0 Å². The van der Waals surface area contributed by atoms with Crippen LogP contribution in [-0.4, -0.2) is 22.4 Å². The summed E-state index contributed by atoms with van der Waals surface area (Å²) in [6, 6.07) is 7.83. The van der Waals surface area contributed by atoms with Gasteiger partial charge in [0.1, 0.15) is 11.5 Å². The van der Waals surface area contributed by atoms with Gasteiger partial charge in [-0.1, -0.05) is 26.0 Å². The Morgan fingerprint density at radius 2 is 2.00 bits per heavy atom. The van der Waals surface area contributed by atoms with Crippen LogP contribution in [0.15, 0.2) is 30.3 Å². The summed E-state index contributed by atoms with van der Waals surface area (Å²) < 4.78 is 13.6. The minimum atomic E-state index is -0.404. The van der Waals surface area contributed by atoms with Crippen molar-refractivity contribution in [2.75, 3.05) is 11.9 Å². The molecule has 0 radical (unpaired) electrons. The SMILES string of the molecule is Cc1cc(C(=O)NCC(C)C)nc(Nc2ccccc2F)n1. The number of carbonyl (C=O) groups excluding carboxylic acids is 1. The summed E-state index contributed by atoms with van der Waals surface area (Å²) >= 11 is 0. The second-order valence-electron chi connectivity index (χ2n) is 5.43. The van der Waals surface area contributed by atoms with Gasteiger partial charge in [-0.15, -0.1) is 0 Å². The number of para-hydroxylation sites is 1. The number of aromatic nitrogens is 2. The van der Waals surface area contributed by atoms with Gasteiger partial charge in [0.2, 0.25) is 5.95 Å². The summed E-state index contributed by atoms with van der Waals surface area (Å²) in [4.78, 5) is 20.4. The average Bonchev–Trinajstić information content (AvgIpc) is 2.46. The summed E-state index contributed by atoms with van der Waals surface area (Å²) in [5, 5.41) is 5.59. The van der Waals surface area contributed by atoms with Gasteiger partial charge in [0, 0.05) is 12.2 Å². The second-order valence-corrected chi connectivity index (χ2v) is 5.43. The fourth-order valence-corrected chi connectivity index (χ4v) is 1.81. The monoisotopic (exact) mass is 302 g/mol. The first kappa shape index (κ1) is 15.9. The number of nitrogens with one attached hydrogen (secondary N) is 2. The van der Waals surface area contributed by atoms with Crippen LogP contribution in [0.5, 0.6) is 0 Å². The summed E-state index contributed by atoms with van der Waals surface area (Å²) in [7, 11) is 0. The van der Waals surface area contributed by atoms with E-state index in [9.17, 15) is 9.18 Å². The molecule has 0 atom stereocenters. The molecule has 2 N–H and O–H groups in total. The Labute approximate surface area is 129 Å². The van der Waals surface area contributed by atoms with Crippen molar-refractivity contribution >= 4 is 17.5 Å². The molecule has 22 heavy (non-hydrogen) atoms. The summed E-state index contributed by atoms with van der Waals surface area (Å²) in [6.07, 6.45) is 0. The predicted octanol–water partition coefficient (Wildman–Crippen LogP) is 3.05. The van der Waals surface area contributed by atoms with Crippen molar-refractivity contribution in [3.63, 3.8) is 0 Å². The van der Waals surface area contributed by atoms with Crippen molar-refractivity contribution in [3.05, 3.63) is 47.5 Å². The first-order valence-electron chi connectivity index (χ1n) is 7.11. The summed E-state index contributed by atoms with van der Waals surface area (Å²) in [5.74, 6) is -0.128. The molecule has 2 rings (SSSR count). The maximum atomic E-state index is 13.6. The molecule has 1 aromatic carbocycles. The van der Waals surface area contributed by atoms with Crippen LogP contribution in [0, 0.1) is 18.7 Å². The van der Waals surface area contributed by atoms with E-state index in [1.165, 1.54) is 6.07 Å². The number of carbonyl (C=O) groups is 1. The number of anilines is 2. The molecule has 6 heteroatoms. The van der Waals surface area contributed by atoms with Crippen LogP contribution < -0.4 is 10.6 Å². The van der Waals surface area contributed by atoms with E-state index in [1.54, 1.807) is 31.2 Å². The van der Waals surface area contributed by atoms with Gasteiger partial charge in [-0.3, -0.25) is 4.79 Å². The normalized spacial score (nSPS) is 10.6. The van der Waals surface area contributed by atoms with Crippen LogP contribution in [0.25, 0.3) is 0 Å². The standard InChI is InChI=1S/C16H19FN4O/c1-10(2)9-18-15(22)14-8-11(3)19-16(21-14)20-13-7-5-4-6-12(13)17/h4-8,10H,9H2,1-3H3,(H,18,22)(H,19,20,21). The van der Waals surface area contributed by atoms with Gasteiger partial charge in [0.15, 0.2) is 0 Å². The Kier molecular flexibility index (Phi) is 5.04. The van der Waals surface area contributed by atoms with E-state index in [4.69, 9.17) is 0 Å². The van der Waals surface area contributed by atoms with Crippen LogP contribution in [0.2, 0.25) is 0 Å². The summed E-state index contributed by atoms with van der Waals surface area (Å²) in [5.41, 5.74) is 1.15. The molecule has 116 valence electrons. The zero-order valence-electron chi connectivity index (χ0n) is 12.9. The molecule has 0 fully saturated rings. The number of rotatable bonds is 5. The quantitative estimate of drug-likeness (QED) is 0.891. The Morgan fingerprint density at radius 1 is 1.27 bits per heavy atom. The first-order valence-corrected chi connectivity index (χ1v) is 7.11. The van der Waals surface area contributed by atoms with E-state index in [0.29, 0.717) is 18.2 Å². The molecule has 0 unspecified atom stereocenters. The van der Waals surface area contributed by atoms with Gasteiger partial charge in [0.25, 0.3) is 5.91 Å². The third-order valence-electron chi connectivity index (χ3n) is 2.88. The number of halogens is 1. The molecule has 0 aliphatic heterocycles. The lowest BCUT2D eigenvalue weighted by Crippen LogP contribution is -2.28. The Bertz CT molecular complexity index is 673. The largest absolute Gasteiger partial charge is 0.350 e. The topological polar surface area (TPSA) is 66.9 Å². The molecule has 0 aliphatic rings. The molecular weight excluding hydrogens is 283 g/mol. The van der Waals surface area contributed by atoms with E-state index in [1.807, 2.05) is 13.8 Å². The van der Waals surface area contributed by atoms with Crippen molar-refractivity contribution in [1.82, 2.24) is 15.3 Å². The Balaban J connectivity index is 2.20. The molecule has 0 bridgehead atoms. The zero-order chi connectivity index (χ0) is 16.1. The summed E-state index contributed by atoms with van der Waals surface area (Å²) in [6.45, 7) is 6.35. The molecule has 0 saturated heterocycles. The minimum Gasteiger partial charge on any atom is -0.350 e. The molecule has 1 aromatic heterocycles. The number of hydrogen-bond acceptors (Lipinski definition) is 4. The second kappa shape index (κ2) is 6.98. The van der Waals surface area contributed by atoms with E-state index >= 15 is 0 Å². The van der Waals surface area contributed by atoms with E-state index < -0.39 is 5.82 Å². The number of aryl methyl sites for hydroxylation is 1. The highest BCUT2D eigenvalue weighted by molar-refractivity contribution is 5.92. The van der Waals surface area contributed by atoms with Gasteiger partial charge in [0.05, 0.1) is 5.69 Å². The Hall–Kier alpha value is -2.50. The van der Waals surface area contributed by atoms with E-state index in [0.717, 1.165) is 0 Å². The third kappa shape index (κ3) is 4.25. The van der Waals surface area contributed by atoms with Gasteiger partial charge in [-0.2, -0.15) is 0 Å². The predicted molar refractivity (Wildman–Crippen MR) is 83.6 cm³/mol. The number of benzene rings is 1. The molecule has 0 saturated carbocycles. The lowest BCUT2D eigenvalue weighted by atomic mass is 10.2. The van der Waals surface area contributed by atoms with Crippen molar-refractivity contribution in [1.29, 1.82) is 0 Å². The fourth-order valence-electron chi connectivity index (χ4n) is 1.81. The molecule has 0 spiro atoms. The first-order chi connectivity index (χ1) is 10.5. The molecular formula is C16H19FN4O. The maximum Gasteiger partial charge on any atom is 0.270 e. The van der Waals surface area contributed by atoms with Crippen molar-refractivity contribution in [2.45, 2.75) is 20.8 Å². The van der Waals surface area contributed by atoms with Crippen molar-refractivity contribution < 1.29 is 9.18 Å². The smallest absolute Gasteiger partial charge is 0.270 e. The highest BCUT2D eigenvalue weighted by Gasteiger charge is 2.12. The molecule has 2 aromatic rings. The highest BCUT2D eigenvalue weighted by atomic mass is 19.1. The van der Waals surface area contributed by atoms with Gasteiger partial charge in [-0.05, 0) is 31.0 Å². The third-order valence-corrected chi connectivity index (χ3v) is 2.88. The number of nitrogens with zero attached hydrogens (tertiary/aromatic N) is 2. The zero-order valence-corrected chi connectivity index (χ0v) is 12.9. The lowest BCUT2D eigenvalue weighted by molar-refractivity contribution is 0.0944. The van der Waals surface area contributed by atoms with Crippen LogP contribution >= 0.6 is 0 Å². The van der Waals surface area contributed by atoms with Crippen LogP contribution in [-0.2, 0) is 0 Å². The Morgan fingerprint density at radius 3 is 2.68 bits per heavy atom. The molecule has 1 heterocycles. The van der Waals surface area contributed by atoms with Crippen LogP contribution in [0.3, 0.4) is 0 Å².